The zero-order valence-electron chi connectivity index (χ0n) is 7.79. The van der Waals surface area contributed by atoms with Crippen molar-refractivity contribution in [2.24, 2.45) is 5.92 Å². The standard InChI is InChI=1S/C9H15ClO3/c1-2-13-9(11)8(10)7-4-3-5-12-6-7/h7-8H,2-6H2,1H3. The molecule has 13 heavy (non-hydrogen) atoms. The maximum Gasteiger partial charge on any atom is 0.324 e. The van der Waals surface area contributed by atoms with Gasteiger partial charge in [0, 0.05) is 12.5 Å². The molecule has 0 aromatic carbocycles. The largest absolute Gasteiger partial charge is 0.465 e. The minimum absolute atomic E-state index is 0.120. The van der Waals surface area contributed by atoms with Crippen molar-refractivity contribution in [3.05, 3.63) is 0 Å². The van der Waals surface area contributed by atoms with E-state index in [1.807, 2.05) is 0 Å². The first-order valence-corrected chi connectivity index (χ1v) is 5.07. The van der Waals surface area contributed by atoms with Gasteiger partial charge in [-0.1, -0.05) is 0 Å². The average Bonchev–Trinajstić information content (AvgIpc) is 2.18. The molecule has 76 valence electrons. The first-order valence-electron chi connectivity index (χ1n) is 4.64. The van der Waals surface area contributed by atoms with Gasteiger partial charge in [-0.3, -0.25) is 4.79 Å². The summed E-state index contributed by atoms with van der Waals surface area (Å²) in [4.78, 5) is 11.2. The Morgan fingerprint density at radius 2 is 2.54 bits per heavy atom. The van der Waals surface area contributed by atoms with Crippen LogP contribution in [0.5, 0.6) is 0 Å². The van der Waals surface area contributed by atoms with Crippen LogP contribution in [0.1, 0.15) is 19.8 Å². The van der Waals surface area contributed by atoms with Crippen molar-refractivity contribution in [2.45, 2.75) is 25.1 Å². The highest BCUT2D eigenvalue weighted by Crippen LogP contribution is 2.22. The van der Waals surface area contributed by atoms with E-state index >= 15 is 0 Å². The maximum atomic E-state index is 11.2. The van der Waals surface area contributed by atoms with Crippen LogP contribution < -0.4 is 0 Å². The van der Waals surface area contributed by atoms with E-state index in [9.17, 15) is 4.79 Å². The van der Waals surface area contributed by atoms with Gasteiger partial charge >= 0.3 is 5.97 Å². The van der Waals surface area contributed by atoms with Gasteiger partial charge in [-0.2, -0.15) is 0 Å². The molecule has 1 saturated heterocycles. The summed E-state index contributed by atoms with van der Waals surface area (Å²) in [5.41, 5.74) is 0. The third-order valence-electron chi connectivity index (χ3n) is 2.12. The fourth-order valence-electron chi connectivity index (χ4n) is 1.41. The Balaban J connectivity index is 2.35. The van der Waals surface area contributed by atoms with Crippen LogP contribution in [0.2, 0.25) is 0 Å². The van der Waals surface area contributed by atoms with Crippen molar-refractivity contribution in [3.8, 4) is 0 Å². The van der Waals surface area contributed by atoms with E-state index in [0.717, 1.165) is 19.4 Å². The second-order valence-corrected chi connectivity index (χ2v) is 3.60. The van der Waals surface area contributed by atoms with Crippen LogP contribution in [0.4, 0.5) is 0 Å². The van der Waals surface area contributed by atoms with E-state index in [1.54, 1.807) is 6.92 Å². The molecule has 0 N–H and O–H groups in total. The molecule has 0 radical (unpaired) electrons. The molecular formula is C9H15ClO3. The van der Waals surface area contributed by atoms with E-state index in [2.05, 4.69) is 0 Å². The zero-order chi connectivity index (χ0) is 9.68. The molecule has 0 bridgehead atoms. The van der Waals surface area contributed by atoms with Crippen LogP contribution in [0.3, 0.4) is 0 Å². The second-order valence-electron chi connectivity index (χ2n) is 3.13. The first-order chi connectivity index (χ1) is 6.25. The molecule has 1 aliphatic rings. The van der Waals surface area contributed by atoms with E-state index < -0.39 is 5.38 Å². The minimum atomic E-state index is -0.541. The lowest BCUT2D eigenvalue weighted by Crippen LogP contribution is -2.32. The molecular weight excluding hydrogens is 192 g/mol. The SMILES string of the molecule is CCOC(=O)C(Cl)C1CCCOC1. The van der Waals surface area contributed by atoms with Crippen LogP contribution in [0, 0.1) is 5.92 Å². The van der Waals surface area contributed by atoms with E-state index in [1.165, 1.54) is 0 Å². The minimum Gasteiger partial charge on any atom is -0.465 e. The number of halogens is 1. The van der Waals surface area contributed by atoms with Gasteiger partial charge in [0.25, 0.3) is 0 Å². The molecule has 0 aromatic heterocycles. The van der Waals surface area contributed by atoms with E-state index in [0.29, 0.717) is 13.2 Å². The third-order valence-corrected chi connectivity index (χ3v) is 2.66. The zero-order valence-corrected chi connectivity index (χ0v) is 8.55. The van der Waals surface area contributed by atoms with Gasteiger partial charge in [-0.15, -0.1) is 11.6 Å². The monoisotopic (exact) mass is 206 g/mol. The van der Waals surface area contributed by atoms with Gasteiger partial charge in [-0.05, 0) is 19.8 Å². The van der Waals surface area contributed by atoms with E-state index in [-0.39, 0.29) is 11.9 Å². The lowest BCUT2D eigenvalue weighted by Gasteiger charge is -2.24. The number of esters is 1. The van der Waals surface area contributed by atoms with Crippen molar-refractivity contribution in [3.63, 3.8) is 0 Å². The number of hydrogen-bond acceptors (Lipinski definition) is 3. The molecule has 1 rings (SSSR count). The normalized spacial score (nSPS) is 25.2. The van der Waals surface area contributed by atoms with Crippen molar-refractivity contribution >= 4 is 17.6 Å². The lowest BCUT2D eigenvalue weighted by molar-refractivity contribution is -0.144. The molecule has 0 amide bonds. The highest BCUT2D eigenvalue weighted by molar-refractivity contribution is 6.30. The maximum absolute atomic E-state index is 11.2. The van der Waals surface area contributed by atoms with Crippen molar-refractivity contribution in [1.29, 1.82) is 0 Å². The molecule has 0 saturated carbocycles. The summed E-state index contributed by atoms with van der Waals surface area (Å²) in [6, 6.07) is 0. The molecule has 0 aromatic rings. The van der Waals surface area contributed by atoms with Gasteiger partial charge in [0.1, 0.15) is 5.38 Å². The van der Waals surface area contributed by atoms with Crippen LogP contribution in [0.15, 0.2) is 0 Å². The number of alkyl halides is 1. The van der Waals surface area contributed by atoms with Gasteiger partial charge in [0.05, 0.1) is 13.2 Å². The summed E-state index contributed by atoms with van der Waals surface area (Å²) < 4.78 is 10.1. The third kappa shape index (κ3) is 3.16. The molecule has 2 atom stereocenters. The topological polar surface area (TPSA) is 35.5 Å². The first kappa shape index (κ1) is 10.8. The van der Waals surface area contributed by atoms with Gasteiger partial charge in [-0.25, -0.2) is 0 Å². The molecule has 4 heteroatoms. The Kier molecular flexibility index (Phi) is 4.53. The number of carbonyl (C=O) groups excluding carboxylic acids is 1. The molecule has 3 nitrogen and oxygen atoms in total. The lowest BCUT2D eigenvalue weighted by atomic mass is 9.98. The van der Waals surface area contributed by atoms with Crippen LogP contribution >= 0.6 is 11.6 Å². The predicted octanol–water partition coefficient (Wildman–Crippen LogP) is 1.58. The van der Waals surface area contributed by atoms with Crippen molar-refractivity contribution < 1.29 is 14.3 Å². The van der Waals surface area contributed by atoms with Crippen LogP contribution in [0.25, 0.3) is 0 Å². The summed E-state index contributed by atoms with van der Waals surface area (Å²) in [7, 11) is 0. The number of hydrogen-bond donors (Lipinski definition) is 0. The van der Waals surface area contributed by atoms with Gasteiger partial charge in [0.2, 0.25) is 0 Å². The Morgan fingerprint density at radius 1 is 1.77 bits per heavy atom. The van der Waals surface area contributed by atoms with Crippen molar-refractivity contribution in [2.75, 3.05) is 19.8 Å². The van der Waals surface area contributed by atoms with Crippen LogP contribution in [-0.2, 0) is 14.3 Å². The Labute approximate surface area is 83.3 Å². The van der Waals surface area contributed by atoms with E-state index in [4.69, 9.17) is 21.1 Å². The van der Waals surface area contributed by atoms with Gasteiger partial charge < -0.3 is 9.47 Å². The quantitative estimate of drug-likeness (QED) is 0.520. The molecule has 0 aliphatic carbocycles. The fraction of sp³-hybridized carbons (Fsp3) is 0.889. The molecule has 1 heterocycles. The second kappa shape index (κ2) is 5.45. The number of ether oxygens (including phenoxy) is 2. The average molecular weight is 207 g/mol. The van der Waals surface area contributed by atoms with Gasteiger partial charge in [0.15, 0.2) is 0 Å². The summed E-state index contributed by atoms with van der Waals surface area (Å²) in [5, 5.41) is -0.541. The summed E-state index contributed by atoms with van der Waals surface area (Å²) in [5.74, 6) is -0.200. The molecule has 2 unspecified atom stereocenters. The fourth-order valence-corrected chi connectivity index (χ4v) is 1.67. The Bertz CT molecular complexity index is 166. The number of carbonyl (C=O) groups is 1. The predicted molar refractivity (Wildman–Crippen MR) is 49.8 cm³/mol. The number of rotatable bonds is 3. The molecule has 0 spiro atoms. The highest BCUT2D eigenvalue weighted by Gasteiger charge is 2.29. The Morgan fingerprint density at radius 3 is 3.08 bits per heavy atom. The smallest absolute Gasteiger partial charge is 0.324 e. The Hall–Kier alpha value is -0.280. The van der Waals surface area contributed by atoms with Crippen molar-refractivity contribution in [1.82, 2.24) is 0 Å². The molecule has 1 aliphatic heterocycles. The van der Waals surface area contributed by atoms with Crippen LogP contribution in [-0.4, -0.2) is 31.2 Å². The summed E-state index contributed by atoms with van der Waals surface area (Å²) in [6.45, 7) is 3.52. The molecule has 1 fully saturated rings. The summed E-state index contributed by atoms with van der Waals surface area (Å²) in [6.07, 6.45) is 1.93. The highest BCUT2D eigenvalue weighted by atomic mass is 35.5. The summed E-state index contributed by atoms with van der Waals surface area (Å²) >= 11 is 5.93.